The lowest BCUT2D eigenvalue weighted by Crippen LogP contribution is -2.21. The van der Waals surface area contributed by atoms with Gasteiger partial charge in [-0.2, -0.15) is 0 Å². The third-order valence-corrected chi connectivity index (χ3v) is 4.58. The van der Waals surface area contributed by atoms with Gasteiger partial charge in [-0.25, -0.2) is 0 Å². The van der Waals surface area contributed by atoms with Crippen molar-refractivity contribution in [2.75, 3.05) is 13.1 Å². The van der Waals surface area contributed by atoms with Crippen LogP contribution in [0.2, 0.25) is 0 Å². The average molecular weight is 259 g/mol. The molecule has 1 aromatic rings. The summed E-state index contributed by atoms with van der Waals surface area (Å²) in [6, 6.07) is 10.9. The van der Waals surface area contributed by atoms with Crippen molar-refractivity contribution in [3.63, 3.8) is 0 Å². The van der Waals surface area contributed by atoms with Crippen molar-refractivity contribution in [2.45, 2.75) is 57.8 Å². The van der Waals surface area contributed by atoms with Gasteiger partial charge in [0.05, 0.1) is 0 Å². The van der Waals surface area contributed by atoms with E-state index in [2.05, 4.69) is 42.6 Å². The molecular weight excluding hydrogens is 230 g/mol. The molecule has 1 aliphatic rings. The van der Waals surface area contributed by atoms with Crippen LogP contribution in [0.5, 0.6) is 0 Å². The zero-order valence-corrected chi connectivity index (χ0v) is 12.4. The van der Waals surface area contributed by atoms with Gasteiger partial charge in [0.15, 0.2) is 0 Å². The first-order chi connectivity index (χ1) is 9.36. The molecular formula is C18H29N. The fourth-order valence-corrected chi connectivity index (χ4v) is 3.17. The second kappa shape index (κ2) is 8.37. The van der Waals surface area contributed by atoms with Gasteiger partial charge in [-0.15, -0.1) is 0 Å². The Hall–Kier alpha value is -0.820. The van der Waals surface area contributed by atoms with Crippen LogP contribution < -0.4 is 5.32 Å². The Kier molecular flexibility index (Phi) is 6.43. The summed E-state index contributed by atoms with van der Waals surface area (Å²) in [5.74, 6) is 1.68. The Bertz CT molecular complexity index is 327. The van der Waals surface area contributed by atoms with Crippen LogP contribution in [0.3, 0.4) is 0 Å². The lowest BCUT2D eigenvalue weighted by atomic mass is 9.87. The molecule has 19 heavy (non-hydrogen) atoms. The van der Waals surface area contributed by atoms with Gasteiger partial charge in [0, 0.05) is 0 Å². The van der Waals surface area contributed by atoms with Crippen LogP contribution in [-0.4, -0.2) is 13.1 Å². The van der Waals surface area contributed by atoms with Crippen LogP contribution in [0.15, 0.2) is 30.3 Å². The molecule has 1 atom stereocenters. The number of benzene rings is 1. The molecule has 1 nitrogen and oxygen atoms in total. The van der Waals surface area contributed by atoms with Gasteiger partial charge in [0.1, 0.15) is 0 Å². The van der Waals surface area contributed by atoms with Gasteiger partial charge in [0.25, 0.3) is 0 Å². The lowest BCUT2D eigenvalue weighted by molar-refractivity contribution is 0.333. The van der Waals surface area contributed by atoms with Crippen LogP contribution >= 0.6 is 0 Å². The predicted octanol–water partition coefficient (Wildman–Crippen LogP) is 4.74. The fourth-order valence-electron chi connectivity index (χ4n) is 3.17. The summed E-state index contributed by atoms with van der Waals surface area (Å²) in [5, 5.41) is 3.63. The Morgan fingerprint density at radius 2 is 1.79 bits per heavy atom. The molecule has 106 valence electrons. The summed E-state index contributed by atoms with van der Waals surface area (Å²) in [6.07, 6.45) is 9.99. The van der Waals surface area contributed by atoms with Gasteiger partial charge in [-0.1, -0.05) is 69.4 Å². The molecule has 0 bridgehead atoms. The number of nitrogens with one attached hydrogen (secondary N) is 1. The normalized spacial score (nSPS) is 18.4. The van der Waals surface area contributed by atoms with E-state index in [1.807, 2.05) is 0 Å². The molecule has 0 aliphatic heterocycles. The lowest BCUT2D eigenvalue weighted by Gasteiger charge is -2.21. The van der Waals surface area contributed by atoms with Crippen molar-refractivity contribution < 1.29 is 0 Å². The standard InChI is InChI=1S/C18H29N/c1-16(18-10-6-3-7-11-18)12-14-19-15-13-17-8-4-2-5-9-17/h3,6-7,10-11,16-17,19H,2,4-5,8-9,12-15H2,1H3. The molecule has 1 heteroatoms. The first kappa shape index (κ1) is 14.6. The Morgan fingerprint density at radius 1 is 1.05 bits per heavy atom. The largest absolute Gasteiger partial charge is 0.317 e. The van der Waals surface area contributed by atoms with E-state index in [1.165, 1.54) is 57.1 Å². The Morgan fingerprint density at radius 3 is 2.53 bits per heavy atom. The predicted molar refractivity (Wildman–Crippen MR) is 83.5 cm³/mol. The molecule has 1 unspecified atom stereocenters. The molecule has 0 heterocycles. The highest BCUT2D eigenvalue weighted by Gasteiger charge is 2.12. The van der Waals surface area contributed by atoms with Crippen LogP contribution in [0.4, 0.5) is 0 Å². The number of rotatable bonds is 7. The first-order valence-electron chi connectivity index (χ1n) is 8.12. The van der Waals surface area contributed by atoms with E-state index >= 15 is 0 Å². The van der Waals surface area contributed by atoms with Gasteiger partial charge in [-0.05, 0) is 43.3 Å². The van der Waals surface area contributed by atoms with Crippen LogP contribution in [0.1, 0.15) is 63.4 Å². The SMILES string of the molecule is CC(CCNCCC1CCCCC1)c1ccccc1. The molecule has 0 amide bonds. The van der Waals surface area contributed by atoms with E-state index in [0.717, 1.165) is 12.5 Å². The van der Waals surface area contributed by atoms with Crippen molar-refractivity contribution in [1.29, 1.82) is 0 Å². The maximum Gasteiger partial charge on any atom is -0.00432 e. The molecule has 1 aliphatic carbocycles. The summed E-state index contributed by atoms with van der Waals surface area (Å²) in [5.41, 5.74) is 1.47. The average Bonchev–Trinajstić information content (AvgIpc) is 2.49. The van der Waals surface area contributed by atoms with Crippen molar-refractivity contribution in [3.8, 4) is 0 Å². The summed E-state index contributed by atoms with van der Waals surface area (Å²) < 4.78 is 0. The molecule has 1 fully saturated rings. The smallest absolute Gasteiger partial charge is 0.00432 e. The third kappa shape index (κ3) is 5.36. The van der Waals surface area contributed by atoms with E-state index in [0.29, 0.717) is 5.92 Å². The summed E-state index contributed by atoms with van der Waals surface area (Å²) in [7, 11) is 0. The van der Waals surface area contributed by atoms with Crippen LogP contribution in [0.25, 0.3) is 0 Å². The topological polar surface area (TPSA) is 12.0 Å². The Balaban J connectivity index is 1.54. The zero-order chi connectivity index (χ0) is 13.3. The summed E-state index contributed by atoms with van der Waals surface area (Å²) in [6.45, 7) is 4.70. The highest BCUT2D eigenvalue weighted by atomic mass is 14.8. The second-order valence-corrected chi connectivity index (χ2v) is 6.14. The Labute approximate surface area is 118 Å². The van der Waals surface area contributed by atoms with Gasteiger partial charge in [0.2, 0.25) is 0 Å². The van der Waals surface area contributed by atoms with E-state index in [9.17, 15) is 0 Å². The quantitative estimate of drug-likeness (QED) is 0.697. The molecule has 0 spiro atoms. The minimum atomic E-state index is 0.670. The number of hydrogen-bond acceptors (Lipinski definition) is 1. The van der Waals surface area contributed by atoms with E-state index in [-0.39, 0.29) is 0 Å². The van der Waals surface area contributed by atoms with Crippen LogP contribution in [0, 0.1) is 5.92 Å². The van der Waals surface area contributed by atoms with Gasteiger partial charge >= 0.3 is 0 Å². The highest BCUT2D eigenvalue weighted by molar-refractivity contribution is 5.18. The minimum absolute atomic E-state index is 0.670. The molecule has 0 radical (unpaired) electrons. The van der Waals surface area contributed by atoms with E-state index in [1.54, 1.807) is 0 Å². The van der Waals surface area contributed by atoms with Crippen molar-refractivity contribution in [3.05, 3.63) is 35.9 Å². The summed E-state index contributed by atoms with van der Waals surface area (Å²) >= 11 is 0. The maximum absolute atomic E-state index is 3.63. The van der Waals surface area contributed by atoms with Crippen molar-refractivity contribution in [2.24, 2.45) is 5.92 Å². The number of hydrogen-bond donors (Lipinski definition) is 1. The molecule has 1 aromatic carbocycles. The second-order valence-electron chi connectivity index (χ2n) is 6.14. The van der Waals surface area contributed by atoms with E-state index < -0.39 is 0 Å². The monoisotopic (exact) mass is 259 g/mol. The highest BCUT2D eigenvalue weighted by Crippen LogP contribution is 2.25. The van der Waals surface area contributed by atoms with Gasteiger partial charge < -0.3 is 5.32 Å². The van der Waals surface area contributed by atoms with Crippen LogP contribution in [-0.2, 0) is 0 Å². The molecule has 1 N–H and O–H groups in total. The minimum Gasteiger partial charge on any atom is -0.317 e. The van der Waals surface area contributed by atoms with Gasteiger partial charge in [-0.3, -0.25) is 0 Å². The molecule has 1 saturated carbocycles. The van der Waals surface area contributed by atoms with Crippen molar-refractivity contribution >= 4 is 0 Å². The molecule has 0 aromatic heterocycles. The third-order valence-electron chi connectivity index (χ3n) is 4.58. The fraction of sp³-hybridized carbons (Fsp3) is 0.667. The molecule has 2 rings (SSSR count). The maximum atomic E-state index is 3.63. The summed E-state index contributed by atoms with van der Waals surface area (Å²) in [4.78, 5) is 0. The van der Waals surface area contributed by atoms with Crippen molar-refractivity contribution in [1.82, 2.24) is 5.32 Å². The van der Waals surface area contributed by atoms with E-state index in [4.69, 9.17) is 0 Å². The zero-order valence-electron chi connectivity index (χ0n) is 12.4. The molecule has 0 saturated heterocycles. The first-order valence-corrected chi connectivity index (χ1v) is 8.12.